The van der Waals surface area contributed by atoms with E-state index in [0.717, 1.165) is 59.9 Å². The molecular weight excluding hydrogens is 602 g/mol. The van der Waals surface area contributed by atoms with Crippen LogP contribution in [0.2, 0.25) is 5.02 Å². The minimum Gasteiger partial charge on any atom is -0.354 e. The Bertz CT molecular complexity index is 1840. The molecule has 1 aliphatic rings. The molecule has 12 heteroatoms. The molecule has 2 N–H and O–H groups in total. The van der Waals surface area contributed by atoms with Gasteiger partial charge < -0.3 is 25.0 Å². The highest BCUT2D eigenvalue weighted by molar-refractivity contribution is 6.31. The topological polar surface area (TPSA) is 113 Å². The summed E-state index contributed by atoms with van der Waals surface area (Å²) < 4.78 is 3.39. The SMILES string of the molecule is CN1CCN(c2cc(-c3ccc(Cl)c(C[C@H](NC(=O)c4ccnn4C)C(=O)Nc4ccc(-c5cncn5C)cc4)c3)ccn2)CC1. The lowest BCUT2D eigenvalue weighted by Gasteiger charge is -2.33. The van der Waals surface area contributed by atoms with Crippen LogP contribution in [0, 0.1) is 0 Å². The van der Waals surface area contributed by atoms with E-state index in [-0.39, 0.29) is 12.3 Å². The molecule has 0 aliphatic carbocycles. The number of hydrogen-bond donors (Lipinski definition) is 2. The molecule has 2 aromatic carbocycles. The van der Waals surface area contributed by atoms with Crippen molar-refractivity contribution in [2.24, 2.45) is 14.1 Å². The molecule has 1 saturated heterocycles. The first kappa shape index (κ1) is 31.0. The quantitative estimate of drug-likeness (QED) is 0.248. The maximum atomic E-state index is 13.8. The van der Waals surface area contributed by atoms with Crippen LogP contribution in [0.5, 0.6) is 0 Å². The van der Waals surface area contributed by atoms with Crippen LogP contribution in [0.3, 0.4) is 0 Å². The maximum absolute atomic E-state index is 13.8. The monoisotopic (exact) mass is 637 g/mol. The molecule has 6 rings (SSSR count). The summed E-state index contributed by atoms with van der Waals surface area (Å²) in [7, 11) is 5.73. The molecule has 0 unspecified atom stereocenters. The lowest BCUT2D eigenvalue weighted by Crippen LogP contribution is -2.45. The smallest absolute Gasteiger partial charge is 0.270 e. The zero-order valence-electron chi connectivity index (χ0n) is 26.0. The number of carbonyl (C=O) groups is 2. The Morgan fingerprint density at radius 2 is 1.63 bits per heavy atom. The van der Waals surface area contributed by atoms with E-state index in [2.05, 4.69) is 48.6 Å². The van der Waals surface area contributed by atoms with Crippen LogP contribution in [0.4, 0.5) is 11.5 Å². The molecule has 2 amide bonds. The van der Waals surface area contributed by atoms with E-state index in [4.69, 9.17) is 11.6 Å². The van der Waals surface area contributed by atoms with Crippen molar-refractivity contribution in [2.45, 2.75) is 12.5 Å². The molecule has 0 spiro atoms. The highest BCUT2D eigenvalue weighted by atomic mass is 35.5. The number of likely N-dealkylation sites (N-methyl/N-ethyl adjacent to an activating group) is 1. The minimum atomic E-state index is -0.926. The molecule has 5 aromatic rings. The lowest BCUT2D eigenvalue weighted by atomic mass is 9.99. The van der Waals surface area contributed by atoms with Gasteiger partial charge in [0.05, 0.1) is 18.2 Å². The van der Waals surface area contributed by atoms with Crippen LogP contribution in [-0.2, 0) is 25.3 Å². The number of hydrogen-bond acceptors (Lipinski definition) is 7. The predicted molar refractivity (Wildman–Crippen MR) is 180 cm³/mol. The van der Waals surface area contributed by atoms with Gasteiger partial charge in [0.2, 0.25) is 5.91 Å². The summed E-state index contributed by atoms with van der Waals surface area (Å²) in [6.07, 6.45) is 7.06. The number of pyridine rings is 1. The summed E-state index contributed by atoms with van der Waals surface area (Å²) in [5.41, 5.74) is 5.53. The van der Waals surface area contributed by atoms with E-state index in [1.807, 2.05) is 66.3 Å². The molecule has 236 valence electrons. The van der Waals surface area contributed by atoms with Gasteiger partial charge in [-0.3, -0.25) is 14.3 Å². The van der Waals surface area contributed by atoms with Crippen molar-refractivity contribution in [2.75, 3.05) is 43.4 Å². The number of benzene rings is 2. The first-order valence-electron chi connectivity index (χ1n) is 15.1. The number of rotatable bonds is 9. The van der Waals surface area contributed by atoms with Gasteiger partial charge >= 0.3 is 0 Å². The van der Waals surface area contributed by atoms with Crippen LogP contribution in [0.1, 0.15) is 16.1 Å². The maximum Gasteiger partial charge on any atom is 0.270 e. The van der Waals surface area contributed by atoms with E-state index in [9.17, 15) is 9.59 Å². The van der Waals surface area contributed by atoms with Crippen molar-refractivity contribution in [1.82, 2.24) is 34.5 Å². The van der Waals surface area contributed by atoms with Gasteiger partial charge in [-0.15, -0.1) is 0 Å². The number of aryl methyl sites for hydroxylation is 2. The number of piperazine rings is 1. The van der Waals surface area contributed by atoms with Crippen LogP contribution >= 0.6 is 11.6 Å². The van der Waals surface area contributed by atoms with Crippen molar-refractivity contribution >= 4 is 34.9 Å². The lowest BCUT2D eigenvalue weighted by molar-refractivity contribution is -0.118. The second-order valence-electron chi connectivity index (χ2n) is 11.5. The number of nitrogens with one attached hydrogen (secondary N) is 2. The largest absolute Gasteiger partial charge is 0.354 e. The highest BCUT2D eigenvalue weighted by Gasteiger charge is 2.25. The second-order valence-corrected chi connectivity index (χ2v) is 11.9. The fourth-order valence-electron chi connectivity index (χ4n) is 5.56. The van der Waals surface area contributed by atoms with Crippen LogP contribution < -0.4 is 15.5 Å². The van der Waals surface area contributed by atoms with Gasteiger partial charge in [0.1, 0.15) is 17.6 Å². The number of carbonyl (C=O) groups excluding carboxylic acids is 2. The summed E-state index contributed by atoms with van der Waals surface area (Å²) >= 11 is 6.71. The Balaban J connectivity index is 1.24. The zero-order valence-corrected chi connectivity index (χ0v) is 26.8. The third-order valence-electron chi connectivity index (χ3n) is 8.32. The second kappa shape index (κ2) is 13.6. The van der Waals surface area contributed by atoms with Crippen molar-refractivity contribution in [1.29, 1.82) is 0 Å². The number of aromatic nitrogens is 5. The van der Waals surface area contributed by atoms with Gasteiger partial charge in [0.25, 0.3) is 5.91 Å². The van der Waals surface area contributed by atoms with Crippen molar-refractivity contribution < 1.29 is 9.59 Å². The van der Waals surface area contributed by atoms with Gasteiger partial charge in [-0.25, -0.2) is 9.97 Å². The average Bonchev–Trinajstić information content (AvgIpc) is 3.70. The predicted octanol–water partition coefficient (Wildman–Crippen LogP) is 4.27. The van der Waals surface area contributed by atoms with E-state index < -0.39 is 11.9 Å². The summed E-state index contributed by atoms with van der Waals surface area (Å²) in [4.78, 5) is 40.4. The van der Waals surface area contributed by atoms with Crippen LogP contribution in [0.25, 0.3) is 22.4 Å². The molecule has 4 heterocycles. The molecule has 1 fully saturated rings. The summed E-state index contributed by atoms with van der Waals surface area (Å²) in [6.45, 7) is 3.80. The summed E-state index contributed by atoms with van der Waals surface area (Å²) in [5, 5.41) is 10.5. The fraction of sp³-hybridized carbons (Fsp3) is 0.265. The first-order valence-corrected chi connectivity index (χ1v) is 15.5. The molecule has 11 nitrogen and oxygen atoms in total. The van der Waals surface area contributed by atoms with Crippen molar-refractivity contribution in [3.63, 3.8) is 0 Å². The number of halogens is 1. The molecule has 1 atom stereocenters. The third kappa shape index (κ3) is 6.95. The summed E-state index contributed by atoms with van der Waals surface area (Å²) in [5.74, 6) is 0.147. The fourth-order valence-corrected chi connectivity index (χ4v) is 5.76. The average molecular weight is 638 g/mol. The normalized spacial score (nSPS) is 14.2. The highest BCUT2D eigenvalue weighted by Crippen LogP contribution is 2.29. The summed E-state index contributed by atoms with van der Waals surface area (Å²) in [6, 6.07) is 18.0. The standard InChI is InChI=1S/C34H36ClN9O2/c1-41-14-16-44(17-15-41)32-20-25(10-12-37-32)24-6-9-28(35)26(18-24)19-29(40-34(46)30-11-13-38-43(30)3)33(45)39-27-7-4-23(5-8-27)31-21-36-22-42(31)2/h4-13,18,20-22,29H,14-17,19H2,1-3H3,(H,39,45)(H,40,46)/t29-/m0/s1. The molecule has 0 radical (unpaired) electrons. The van der Waals surface area contributed by atoms with Crippen molar-refractivity contribution in [3.05, 3.63) is 102 Å². The Hall–Kier alpha value is -5.00. The number of anilines is 2. The molecule has 0 saturated carbocycles. The van der Waals surface area contributed by atoms with Crippen molar-refractivity contribution in [3.8, 4) is 22.4 Å². The Morgan fingerprint density at radius 3 is 2.33 bits per heavy atom. The number of nitrogens with zero attached hydrogens (tertiary/aromatic N) is 7. The van der Waals surface area contributed by atoms with Gasteiger partial charge in [0, 0.05) is 69.8 Å². The first-order chi connectivity index (χ1) is 22.2. The van der Waals surface area contributed by atoms with E-state index in [1.165, 1.54) is 4.68 Å². The van der Waals surface area contributed by atoms with Crippen LogP contribution in [-0.4, -0.2) is 80.3 Å². The number of imidazole rings is 1. The Morgan fingerprint density at radius 1 is 0.891 bits per heavy atom. The zero-order chi connectivity index (χ0) is 32.2. The Kier molecular flexibility index (Phi) is 9.13. The number of amides is 2. The molecule has 3 aromatic heterocycles. The van der Waals surface area contributed by atoms with Gasteiger partial charge in [0.15, 0.2) is 0 Å². The molecular formula is C34H36ClN9O2. The molecule has 46 heavy (non-hydrogen) atoms. The van der Waals surface area contributed by atoms with Gasteiger partial charge in [-0.05, 0) is 71.8 Å². The van der Waals surface area contributed by atoms with E-state index in [1.54, 1.807) is 31.8 Å². The minimum absolute atomic E-state index is 0.172. The third-order valence-corrected chi connectivity index (χ3v) is 8.68. The molecule has 1 aliphatic heterocycles. The molecule has 0 bridgehead atoms. The Labute approximate surface area is 272 Å². The van der Waals surface area contributed by atoms with Gasteiger partial charge in [-0.1, -0.05) is 29.8 Å². The van der Waals surface area contributed by atoms with E-state index in [0.29, 0.717) is 16.4 Å². The van der Waals surface area contributed by atoms with Gasteiger partial charge in [-0.2, -0.15) is 5.10 Å². The van der Waals surface area contributed by atoms with E-state index >= 15 is 0 Å². The van der Waals surface area contributed by atoms with Crippen LogP contribution in [0.15, 0.2) is 85.6 Å².